The minimum absolute atomic E-state index is 0.172. The van der Waals surface area contributed by atoms with Crippen molar-refractivity contribution in [2.45, 2.75) is 12.6 Å². The number of rotatable bonds is 5. The zero-order valence-electron chi connectivity index (χ0n) is 17.7. The largest absolute Gasteiger partial charge is 0.508 e. The van der Waals surface area contributed by atoms with Crippen molar-refractivity contribution in [3.63, 3.8) is 0 Å². The molecule has 0 unspecified atom stereocenters. The van der Waals surface area contributed by atoms with E-state index in [1.165, 1.54) is 24.3 Å². The topological polar surface area (TPSA) is 125 Å². The number of nitro benzene ring substituents is 1. The number of halogens is 3. The van der Waals surface area contributed by atoms with Crippen LogP contribution in [-0.2, 0) is 12.6 Å². The number of carbonyl (C=O) groups excluding carboxylic acids is 1. The molecule has 4 aromatic rings. The van der Waals surface area contributed by atoms with Crippen molar-refractivity contribution in [1.82, 2.24) is 4.98 Å². The predicted octanol–water partition coefficient (Wildman–Crippen LogP) is 5.00. The number of aromatic amines is 1. The lowest BCUT2D eigenvalue weighted by Gasteiger charge is -2.16. The molecule has 0 saturated carbocycles. The summed E-state index contributed by atoms with van der Waals surface area (Å²) < 4.78 is 41.3. The molecule has 1 aromatic heterocycles. The lowest BCUT2D eigenvalue weighted by molar-refractivity contribution is -0.383. The normalized spacial score (nSPS) is 11.4. The number of phenols is 1. The lowest BCUT2D eigenvalue weighted by Crippen LogP contribution is -2.28. The number of hydrogen-bond acceptors (Lipinski definition) is 5. The molecule has 0 aliphatic heterocycles. The standard InChI is InChI=1S/C24H16F3N3O5/c25-24(26,27)21-14(11-16-15-6-2-1-5-13(15)9-10-20(16)31)12-17(23(33)29-21)22(32)28-18-7-3-4-8-19(18)30(34)35/h1-10,12,31H,11H2,(H,28,32)(H,29,33). The number of fused-ring (bicyclic) bond motifs is 1. The number of aromatic nitrogens is 1. The van der Waals surface area contributed by atoms with Crippen LogP contribution in [0.2, 0.25) is 0 Å². The summed E-state index contributed by atoms with van der Waals surface area (Å²) in [4.78, 5) is 37.4. The SMILES string of the molecule is O=C(Nc1ccccc1[N+](=O)[O-])c1cc(Cc2c(O)ccc3ccccc23)c(C(F)(F)F)[nH]c1=O. The van der Waals surface area contributed by atoms with Crippen LogP contribution in [0.3, 0.4) is 0 Å². The number of H-pyrrole nitrogens is 1. The molecule has 0 bridgehead atoms. The van der Waals surface area contributed by atoms with Gasteiger partial charge in [0.15, 0.2) is 0 Å². The first-order valence-corrected chi connectivity index (χ1v) is 10.1. The minimum atomic E-state index is -4.96. The fraction of sp³-hybridized carbons (Fsp3) is 0.0833. The average Bonchev–Trinajstić information content (AvgIpc) is 2.81. The summed E-state index contributed by atoms with van der Waals surface area (Å²) in [5.74, 6) is -1.38. The Bertz CT molecular complexity index is 1530. The number of nitrogens with zero attached hydrogens (tertiary/aromatic N) is 1. The summed E-state index contributed by atoms with van der Waals surface area (Å²) in [5, 5.41) is 25.0. The van der Waals surface area contributed by atoms with Gasteiger partial charge in [-0.25, -0.2) is 0 Å². The van der Waals surface area contributed by atoms with Crippen LogP contribution in [-0.4, -0.2) is 20.9 Å². The number of para-hydroxylation sites is 2. The van der Waals surface area contributed by atoms with Crippen LogP contribution >= 0.6 is 0 Å². The number of alkyl halides is 3. The number of benzene rings is 3. The Kier molecular flexibility index (Phi) is 6.00. The van der Waals surface area contributed by atoms with E-state index < -0.39 is 51.5 Å². The van der Waals surface area contributed by atoms with Gasteiger partial charge in [0.1, 0.15) is 22.7 Å². The van der Waals surface area contributed by atoms with Crippen LogP contribution < -0.4 is 10.9 Å². The summed E-state index contributed by atoms with van der Waals surface area (Å²) in [6.45, 7) is 0. The zero-order chi connectivity index (χ0) is 25.3. The third kappa shape index (κ3) is 4.69. The highest BCUT2D eigenvalue weighted by atomic mass is 19.4. The number of phenolic OH excluding ortho intramolecular Hbond substituents is 1. The smallest absolute Gasteiger partial charge is 0.431 e. The van der Waals surface area contributed by atoms with E-state index in [0.717, 1.165) is 12.1 Å². The van der Waals surface area contributed by atoms with Crippen molar-refractivity contribution >= 4 is 28.1 Å². The molecule has 0 radical (unpaired) electrons. The van der Waals surface area contributed by atoms with E-state index in [-0.39, 0.29) is 17.0 Å². The van der Waals surface area contributed by atoms with Gasteiger partial charge in [0.05, 0.1) is 4.92 Å². The molecule has 0 atom stereocenters. The molecular weight excluding hydrogens is 467 g/mol. The van der Waals surface area contributed by atoms with Crippen molar-refractivity contribution in [1.29, 1.82) is 0 Å². The van der Waals surface area contributed by atoms with E-state index in [1.54, 1.807) is 35.3 Å². The van der Waals surface area contributed by atoms with Crippen molar-refractivity contribution in [2.75, 3.05) is 5.32 Å². The number of hydrogen-bond donors (Lipinski definition) is 3. The van der Waals surface area contributed by atoms with E-state index in [0.29, 0.717) is 10.8 Å². The maximum absolute atomic E-state index is 13.8. The van der Waals surface area contributed by atoms with E-state index in [1.807, 2.05) is 0 Å². The Labute approximate surface area is 194 Å². The highest BCUT2D eigenvalue weighted by Crippen LogP contribution is 2.35. The van der Waals surface area contributed by atoms with Gasteiger partial charge in [-0.1, -0.05) is 42.5 Å². The van der Waals surface area contributed by atoms with Gasteiger partial charge in [0, 0.05) is 18.1 Å². The van der Waals surface area contributed by atoms with Crippen LogP contribution in [0.5, 0.6) is 5.75 Å². The molecule has 0 fully saturated rings. The molecule has 35 heavy (non-hydrogen) atoms. The summed E-state index contributed by atoms with van der Waals surface area (Å²) >= 11 is 0. The second kappa shape index (κ2) is 8.93. The molecule has 0 spiro atoms. The van der Waals surface area contributed by atoms with Gasteiger partial charge in [-0.3, -0.25) is 19.7 Å². The number of aromatic hydroxyl groups is 1. The number of anilines is 1. The summed E-state index contributed by atoms with van der Waals surface area (Å²) in [6, 6.07) is 15.6. The summed E-state index contributed by atoms with van der Waals surface area (Å²) in [6.07, 6.45) is -5.41. The van der Waals surface area contributed by atoms with Crippen LogP contribution in [0.4, 0.5) is 24.5 Å². The number of pyridine rings is 1. The van der Waals surface area contributed by atoms with Gasteiger partial charge in [-0.05, 0) is 34.5 Å². The average molecular weight is 483 g/mol. The molecule has 1 amide bonds. The van der Waals surface area contributed by atoms with E-state index in [2.05, 4.69) is 5.32 Å². The van der Waals surface area contributed by atoms with Gasteiger partial charge in [-0.2, -0.15) is 13.2 Å². The summed E-state index contributed by atoms with van der Waals surface area (Å²) in [7, 11) is 0. The van der Waals surface area contributed by atoms with E-state index >= 15 is 0 Å². The molecule has 4 rings (SSSR count). The fourth-order valence-electron chi connectivity index (χ4n) is 3.76. The van der Waals surface area contributed by atoms with Crippen LogP contribution in [0, 0.1) is 10.1 Å². The first-order chi connectivity index (χ1) is 16.6. The number of nitrogens with one attached hydrogen (secondary N) is 2. The Morgan fingerprint density at radius 2 is 1.74 bits per heavy atom. The molecule has 11 heteroatoms. The van der Waals surface area contributed by atoms with Crippen molar-refractivity contribution in [2.24, 2.45) is 0 Å². The second-order valence-electron chi connectivity index (χ2n) is 7.60. The molecule has 0 aliphatic rings. The van der Waals surface area contributed by atoms with Crippen LogP contribution in [0.25, 0.3) is 10.8 Å². The first-order valence-electron chi connectivity index (χ1n) is 10.1. The summed E-state index contributed by atoms with van der Waals surface area (Å²) in [5.41, 5.74) is -4.33. The molecule has 178 valence electrons. The van der Waals surface area contributed by atoms with Crippen molar-refractivity contribution in [3.8, 4) is 5.75 Å². The number of carbonyl (C=O) groups is 1. The molecule has 3 aromatic carbocycles. The van der Waals surface area contributed by atoms with Crippen LogP contribution in [0.1, 0.15) is 27.2 Å². The highest BCUT2D eigenvalue weighted by molar-refractivity contribution is 6.05. The Morgan fingerprint density at radius 1 is 1.06 bits per heavy atom. The lowest BCUT2D eigenvalue weighted by atomic mass is 9.95. The number of amides is 1. The van der Waals surface area contributed by atoms with Gasteiger partial charge in [0.2, 0.25) is 0 Å². The molecule has 0 aliphatic carbocycles. The number of nitro groups is 1. The Hall–Kier alpha value is -4.67. The van der Waals surface area contributed by atoms with Gasteiger partial charge >= 0.3 is 6.18 Å². The maximum atomic E-state index is 13.8. The monoisotopic (exact) mass is 483 g/mol. The fourth-order valence-corrected chi connectivity index (χ4v) is 3.76. The first kappa shape index (κ1) is 23.5. The zero-order valence-corrected chi connectivity index (χ0v) is 17.7. The molecular formula is C24H16F3N3O5. The minimum Gasteiger partial charge on any atom is -0.508 e. The highest BCUT2D eigenvalue weighted by Gasteiger charge is 2.36. The molecule has 1 heterocycles. The van der Waals surface area contributed by atoms with Gasteiger partial charge in [0.25, 0.3) is 17.2 Å². The van der Waals surface area contributed by atoms with Crippen LogP contribution in [0.15, 0.2) is 71.5 Å². The maximum Gasteiger partial charge on any atom is 0.431 e. The van der Waals surface area contributed by atoms with Crippen molar-refractivity contribution < 1.29 is 28.0 Å². The molecule has 0 saturated heterocycles. The van der Waals surface area contributed by atoms with E-state index in [9.17, 15) is 38.0 Å². The van der Waals surface area contributed by atoms with Gasteiger partial charge < -0.3 is 15.4 Å². The van der Waals surface area contributed by atoms with Crippen molar-refractivity contribution in [3.05, 3.63) is 110 Å². The third-order valence-electron chi connectivity index (χ3n) is 5.38. The van der Waals surface area contributed by atoms with Gasteiger partial charge in [-0.15, -0.1) is 0 Å². The molecule has 8 nitrogen and oxygen atoms in total. The molecule has 3 N–H and O–H groups in total. The van der Waals surface area contributed by atoms with E-state index in [4.69, 9.17) is 0 Å². The Morgan fingerprint density at radius 3 is 2.46 bits per heavy atom. The quantitative estimate of drug-likeness (QED) is 0.272. The Balaban J connectivity index is 1.82. The predicted molar refractivity (Wildman–Crippen MR) is 122 cm³/mol. The third-order valence-corrected chi connectivity index (χ3v) is 5.38. The second-order valence-corrected chi connectivity index (χ2v) is 7.60.